The van der Waals surface area contributed by atoms with Crippen LogP contribution in [-0.2, 0) is 6.42 Å². The van der Waals surface area contributed by atoms with Crippen molar-refractivity contribution in [3.8, 4) is 0 Å². The van der Waals surface area contributed by atoms with Crippen molar-refractivity contribution in [2.45, 2.75) is 19.4 Å². The lowest BCUT2D eigenvalue weighted by Gasteiger charge is -2.12. The first-order valence-electron chi connectivity index (χ1n) is 5.59. The van der Waals surface area contributed by atoms with E-state index in [2.05, 4.69) is 4.98 Å². The first kappa shape index (κ1) is 11.7. The minimum absolute atomic E-state index is 0.0951. The number of nitrogens with two attached hydrogens (primary N) is 1. The van der Waals surface area contributed by atoms with Gasteiger partial charge in [0.2, 0.25) is 0 Å². The molecule has 0 saturated carbocycles. The minimum atomic E-state index is -0.228. The van der Waals surface area contributed by atoms with Gasteiger partial charge in [-0.2, -0.15) is 0 Å². The third kappa shape index (κ3) is 2.88. The molecular formula is C14H15FN2. The van der Waals surface area contributed by atoms with E-state index >= 15 is 0 Å². The van der Waals surface area contributed by atoms with Crippen LogP contribution in [0.4, 0.5) is 4.39 Å². The molecule has 0 radical (unpaired) electrons. The molecule has 1 heterocycles. The molecule has 0 saturated heterocycles. The fraction of sp³-hybridized carbons (Fsp3) is 0.214. The average molecular weight is 230 g/mol. The minimum Gasteiger partial charge on any atom is -0.324 e. The number of hydrogen-bond donors (Lipinski definition) is 1. The van der Waals surface area contributed by atoms with Crippen molar-refractivity contribution in [2.75, 3.05) is 0 Å². The van der Waals surface area contributed by atoms with Crippen molar-refractivity contribution >= 4 is 0 Å². The van der Waals surface area contributed by atoms with Gasteiger partial charge in [0.05, 0.1) is 0 Å². The molecule has 2 aromatic rings. The SMILES string of the molecule is CC(N)c1ccc(F)cc1Cc1cccnc1. The molecule has 0 amide bonds. The largest absolute Gasteiger partial charge is 0.324 e. The van der Waals surface area contributed by atoms with E-state index in [1.807, 2.05) is 19.1 Å². The molecule has 2 nitrogen and oxygen atoms in total. The zero-order valence-corrected chi connectivity index (χ0v) is 9.73. The summed E-state index contributed by atoms with van der Waals surface area (Å²) in [6.07, 6.45) is 4.17. The number of halogens is 1. The Morgan fingerprint density at radius 1 is 1.35 bits per heavy atom. The first-order valence-corrected chi connectivity index (χ1v) is 5.59. The van der Waals surface area contributed by atoms with Crippen LogP contribution in [0.15, 0.2) is 42.7 Å². The quantitative estimate of drug-likeness (QED) is 0.880. The summed E-state index contributed by atoms with van der Waals surface area (Å²) in [5, 5.41) is 0. The van der Waals surface area contributed by atoms with Gasteiger partial charge in [-0.1, -0.05) is 12.1 Å². The van der Waals surface area contributed by atoms with Gasteiger partial charge in [0.25, 0.3) is 0 Å². The molecule has 0 aliphatic carbocycles. The maximum atomic E-state index is 13.3. The highest BCUT2D eigenvalue weighted by atomic mass is 19.1. The zero-order chi connectivity index (χ0) is 12.3. The number of rotatable bonds is 3. The maximum absolute atomic E-state index is 13.3. The predicted octanol–water partition coefficient (Wildman–Crippen LogP) is 2.83. The van der Waals surface area contributed by atoms with Gasteiger partial charge in [0.15, 0.2) is 0 Å². The summed E-state index contributed by atoms with van der Waals surface area (Å²) in [4.78, 5) is 4.05. The Balaban J connectivity index is 2.34. The number of aromatic nitrogens is 1. The van der Waals surface area contributed by atoms with Gasteiger partial charge in [0.1, 0.15) is 5.82 Å². The van der Waals surface area contributed by atoms with Crippen LogP contribution in [0.5, 0.6) is 0 Å². The van der Waals surface area contributed by atoms with Gasteiger partial charge in [-0.15, -0.1) is 0 Å². The number of benzene rings is 1. The van der Waals surface area contributed by atoms with E-state index in [1.165, 1.54) is 6.07 Å². The summed E-state index contributed by atoms with van der Waals surface area (Å²) < 4.78 is 13.3. The number of hydrogen-bond acceptors (Lipinski definition) is 2. The lowest BCUT2D eigenvalue weighted by atomic mass is 9.97. The van der Waals surface area contributed by atoms with Crippen LogP contribution in [0.25, 0.3) is 0 Å². The van der Waals surface area contributed by atoms with E-state index in [1.54, 1.807) is 24.5 Å². The van der Waals surface area contributed by atoms with Crippen LogP contribution in [0.1, 0.15) is 29.7 Å². The highest BCUT2D eigenvalue weighted by Gasteiger charge is 2.08. The van der Waals surface area contributed by atoms with Gasteiger partial charge in [-0.05, 0) is 48.2 Å². The standard InChI is InChI=1S/C14H15FN2/c1-10(16)14-5-4-13(15)8-12(14)7-11-3-2-6-17-9-11/h2-6,8-10H,7,16H2,1H3. The molecule has 1 aromatic heterocycles. The summed E-state index contributed by atoms with van der Waals surface area (Å²) in [5.74, 6) is -0.228. The molecule has 0 aliphatic rings. The van der Waals surface area contributed by atoms with Crippen molar-refractivity contribution in [2.24, 2.45) is 5.73 Å². The lowest BCUT2D eigenvalue weighted by Crippen LogP contribution is -2.09. The first-order chi connectivity index (χ1) is 8.16. The highest BCUT2D eigenvalue weighted by Crippen LogP contribution is 2.20. The third-order valence-corrected chi connectivity index (χ3v) is 2.71. The Morgan fingerprint density at radius 3 is 2.82 bits per heavy atom. The number of nitrogens with zero attached hydrogens (tertiary/aromatic N) is 1. The summed E-state index contributed by atoms with van der Waals surface area (Å²) in [6, 6.07) is 8.51. The molecule has 0 fully saturated rings. The van der Waals surface area contributed by atoms with E-state index in [-0.39, 0.29) is 11.9 Å². The maximum Gasteiger partial charge on any atom is 0.123 e. The molecular weight excluding hydrogens is 215 g/mol. The van der Waals surface area contributed by atoms with Crippen molar-refractivity contribution in [3.63, 3.8) is 0 Å². The summed E-state index contributed by atoms with van der Waals surface area (Å²) in [7, 11) is 0. The average Bonchev–Trinajstić information content (AvgIpc) is 2.30. The molecule has 2 rings (SSSR count). The second-order valence-electron chi connectivity index (χ2n) is 4.17. The second kappa shape index (κ2) is 5.06. The van der Waals surface area contributed by atoms with Crippen molar-refractivity contribution < 1.29 is 4.39 Å². The molecule has 0 spiro atoms. The fourth-order valence-electron chi connectivity index (χ4n) is 1.89. The smallest absolute Gasteiger partial charge is 0.123 e. The number of pyridine rings is 1. The van der Waals surface area contributed by atoms with Crippen LogP contribution in [0.3, 0.4) is 0 Å². The summed E-state index contributed by atoms with van der Waals surface area (Å²) in [6.45, 7) is 1.90. The van der Waals surface area contributed by atoms with Crippen LogP contribution in [-0.4, -0.2) is 4.98 Å². The molecule has 1 unspecified atom stereocenters. The Hall–Kier alpha value is -1.74. The van der Waals surface area contributed by atoms with Crippen molar-refractivity contribution in [3.05, 3.63) is 65.2 Å². The Labute approximate surface area is 100 Å². The van der Waals surface area contributed by atoms with Crippen molar-refractivity contribution in [1.82, 2.24) is 4.98 Å². The Bertz CT molecular complexity index is 495. The summed E-state index contributed by atoms with van der Waals surface area (Å²) in [5.41, 5.74) is 8.84. The van der Waals surface area contributed by atoms with E-state index in [4.69, 9.17) is 5.73 Å². The third-order valence-electron chi connectivity index (χ3n) is 2.71. The Morgan fingerprint density at radius 2 is 2.18 bits per heavy atom. The molecule has 2 N–H and O–H groups in total. The van der Waals surface area contributed by atoms with E-state index in [0.29, 0.717) is 6.42 Å². The van der Waals surface area contributed by atoms with Gasteiger partial charge in [-0.3, -0.25) is 4.98 Å². The van der Waals surface area contributed by atoms with Crippen LogP contribution < -0.4 is 5.73 Å². The monoisotopic (exact) mass is 230 g/mol. The van der Waals surface area contributed by atoms with Crippen LogP contribution in [0.2, 0.25) is 0 Å². The van der Waals surface area contributed by atoms with Gasteiger partial charge < -0.3 is 5.73 Å². The van der Waals surface area contributed by atoms with E-state index in [0.717, 1.165) is 16.7 Å². The fourth-order valence-corrected chi connectivity index (χ4v) is 1.89. The molecule has 1 atom stereocenters. The molecule has 1 aromatic carbocycles. The van der Waals surface area contributed by atoms with E-state index < -0.39 is 0 Å². The van der Waals surface area contributed by atoms with Gasteiger partial charge in [-0.25, -0.2) is 4.39 Å². The molecule has 17 heavy (non-hydrogen) atoms. The van der Waals surface area contributed by atoms with Crippen molar-refractivity contribution in [1.29, 1.82) is 0 Å². The molecule has 0 aliphatic heterocycles. The lowest BCUT2D eigenvalue weighted by molar-refractivity contribution is 0.623. The predicted molar refractivity (Wildman–Crippen MR) is 66.0 cm³/mol. The summed E-state index contributed by atoms with van der Waals surface area (Å²) >= 11 is 0. The molecule has 3 heteroatoms. The molecule has 0 bridgehead atoms. The van der Waals surface area contributed by atoms with Gasteiger partial charge in [0, 0.05) is 18.4 Å². The van der Waals surface area contributed by atoms with Crippen LogP contribution in [0, 0.1) is 5.82 Å². The normalized spacial score (nSPS) is 12.4. The van der Waals surface area contributed by atoms with E-state index in [9.17, 15) is 4.39 Å². The zero-order valence-electron chi connectivity index (χ0n) is 9.73. The second-order valence-corrected chi connectivity index (χ2v) is 4.17. The molecule has 88 valence electrons. The topological polar surface area (TPSA) is 38.9 Å². The highest BCUT2D eigenvalue weighted by molar-refractivity contribution is 5.34. The van der Waals surface area contributed by atoms with Gasteiger partial charge >= 0.3 is 0 Å². The Kier molecular flexibility index (Phi) is 3.49. The van der Waals surface area contributed by atoms with Crippen LogP contribution >= 0.6 is 0 Å².